The Hall–Kier alpha value is -3.25. The van der Waals surface area contributed by atoms with E-state index in [9.17, 15) is 4.79 Å². The van der Waals surface area contributed by atoms with Gasteiger partial charge in [-0.3, -0.25) is 4.79 Å². The van der Waals surface area contributed by atoms with Crippen molar-refractivity contribution in [3.8, 4) is 0 Å². The zero-order valence-electron chi connectivity index (χ0n) is 15.2. The lowest BCUT2D eigenvalue weighted by Gasteiger charge is -2.19. The largest absolute Gasteiger partial charge is 0.342 e. The van der Waals surface area contributed by atoms with Crippen LogP contribution in [0.3, 0.4) is 0 Å². The SMILES string of the molecule is Cc1ccnc2nc(C(=O)N[C@@H](Cc3ccccc3Cl)c3ccccc3)nn12. The van der Waals surface area contributed by atoms with Crippen LogP contribution in [0.15, 0.2) is 66.9 Å². The highest BCUT2D eigenvalue weighted by atomic mass is 35.5. The maximum absolute atomic E-state index is 12.9. The fraction of sp³-hybridized carbons (Fsp3) is 0.143. The van der Waals surface area contributed by atoms with Crippen LogP contribution < -0.4 is 5.32 Å². The molecule has 7 heteroatoms. The smallest absolute Gasteiger partial charge is 0.291 e. The molecule has 0 unspecified atom stereocenters. The summed E-state index contributed by atoms with van der Waals surface area (Å²) in [4.78, 5) is 21.3. The first-order chi connectivity index (χ1) is 13.6. The average Bonchev–Trinajstić information content (AvgIpc) is 3.16. The highest BCUT2D eigenvalue weighted by Gasteiger charge is 2.21. The van der Waals surface area contributed by atoms with Crippen molar-refractivity contribution in [2.45, 2.75) is 19.4 Å². The first-order valence-electron chi connectivity index (χ1n) is 8.89. The number of nitrogens with one attached hydrogen (secondary N) is 1. The van der Waals surface area contributed by atoms with Gasteiger partial charge in [0.2, 0.25) is 5.82 Å². The van der Waals surface area contributed by atoms with Crippen molar-refractivity contribution in [2.24, 2.45) is 0 Å². The fourth-order valence-corrected chi connectivity index (χ4v) is 3.26. The van der Waals surface area contributed by atoms with E-state index in [1.165, 1.54) is 0 Å². The Morgan fingerprint density at radius 1 is 1.11 bits per heavy atom. The Morgan fingerprint density at radius 3 is 2.61 bits per heavy atom. The van der Waals surface area contributed by atoms with E-state index in [1.807, 2.05) is 67.6 Å². The van der Waals surface area contributed by atoms with Crippen LogP contribution in [0.1, 0.15) is 33.5 Å². The van der Waals surface area contributed by atoms with Gasteiger partial charge >= 0.3 is 0 Å². The van der Waals surface area contributed by atoms with Crippen LogP contribution in [-0.4, -0.2) is 25.5 Å². The Morgan fingerprint density at radius 2 is 1.86 bits per heavy atom. The highest BCUT2D eigenvalue weighted by molar-refractivity contribution is 6.31. The quantitative estimate of drug-likeness (QED) is 0.561. The van der Waals surface area contributed by atoms with E-state index in [-0.39, 0.29) is 17.8 Å². The first kappa shape index (κ1) is 18.1. The van der Waals surface area contributed by atoms with Gasteiger partial charge in [-0.05, 0) is 36.6 Å². The van der Waals surface area contributed by atoms with Gasteiger partial charge in [0.05, 0.1) is 6.04 Å². The predicted molar refractivity (Wildman–Crippen MR) is 107 cm³/mol. The van der Waals surface area contributed by atoms with Crippen molar-refractivity contribution in [1.82, 2.24) is 24.9 Å². The molecule has 0 saturated heterocycles. The Balaban J connectivity index is 1.63. The second kappa shape index (κ2) is 7.78. The van der Waals surface area contributed by atoms with Crippen molar-refractivity contribution in [3.63, 3.8) is 0 Å². The van der Waals surface area contributed by atoms with Crippen LogP contribution in [0.25, 0.3) is 5.78 Å². The minimum Gasteiger partial charge on any atom is -0.342 e. The summed E-state index contributed by atoms with van der Waals surface area (Å²) in [6, 6.07) is 18.9. The predicted octanol–water partition coefficient (Wildman–Crippen LogP) is 3.80. The first-order valence-corrected chi connectivity index (χ1v) is 9.27. The molecular formula is C21H18ClN5O. The summed E-state index contributed by atoms with van der Waals surface area (Å²) in [6.07, 6.45) is 2.20. The number of aryl methyl sites for hydroxylation is 1. The van der Waals surface area contributed by atoms with E-state index in [1.54, 1.807) is 10.7 Å². The third-order valence-corrected chi connectivity index (χ3v) is 4.89. The molecule has 1 atom stereocenters. The maximum atomic E-state index is 12.9. The average molecular weight is 392 g/mol. The Kier molecular flexibility index (Phi) is 5.04. The lowest BCUT2D eigenvalue weighted by Crippen LogP contribution is -2.31. The molecule has 4 rings (SSSR count). The van der Waals surface area contributed by atoms with Crippen molar-refractivity contribution in [3.05, 3.63) is 94.5 Å². The number of aromatic nitrogens is 4. The molecular weight excluding hydrogens is 374 g/mol. The molecule has 2 aromatic heterocycles. The molecule has 0 saturated carbocycles. The van der Waals surface area contributed by atoms with Gasteiger partial charge in [-0.1, -0.05) is 60.1 Å². The number of hydrogen-bond donors (Lipinski definition) is 1. The standard InChI is InChI=1S/C21H18ClN5O/c1-14-11-12-23-21-25-19(26-27(14)21)20(28)24-18(15-7-3-2-4-8-15)13-16-9-5-6-10-17(16)22/h2-12,18H,13H2,1H3,(H,24,28)/t18-/m0/s1. The minimum atomic E-state index is -0.356. The summed E-state index contributed by atoms with van der Waals surface area (Å²) in [6.45, 7) is 1.88. The third-order valence-electron chi connectivity index (χ3n) is 4.52. The van der Waals surface area contributed by atoms with Gasteiger partial charge < -0.3 is 5.32 Å². The zero-order chi connectivity index (χ0) is 19.5. The number of carbonyl (C=O) groups excluding carboxylic acids is 1. The summed E-state index contributed by atoms with van der Waals surface area (Å²) in [5.74, 6) is 0.125. The van der Waals surface area contributed by atoms with Gasteiger partial charge in [-0.2, -0.15) is 4.98 Å². The molecule has 4 aromatic rings. The lowest BCUT2D eigenvalue weighted by molar-refractivity contribution is 0.0926. The van der Waals surface area contributed by atoms with E-state index in [0.29, 0.717) is 17.2 Å². The van der Waals surface area contributed by atoms with E-state index >= 15 is 0 Å². The molecule has 0 aliphatic rings. The Labute approximate surface area is 167 Å². The second-order valence-corrected chi connectivity index (χ2v) is 6.87. The van der Waals surface area contributed by atoms with Crippen molar-refractivity contribution < 1.29 is 4.79 Å². The van der Waals surface area contributed by atoms with Crippen LogP contribution in [0.4, 0.5) is 0 Å². The van der Waals surface area contributed by atoms with Gasteiger partial charge in [-0.15, -0.1) is 5.10 Å². The number of amides is 1. The van der Waals surface area contributed by atoms with Gasteiger partial charge in [-0.25, -0.2) is 9.50 Å². The normalized spacial score (nSPS) is 12.1. The van der Waals surface area contributed by atoms with E-state index in [0.717, 1.165) is 16.8 Å². The molecule has 0 aliphatic heterocycles. The van der Waals surface area contributed by atoms with Crippen molar-refractivity contribution >= 4 is 23.3 Å². The van der Waals surface area contributed by atoms with Crippen molar-refractivity contribution in [2.75, 3.05) is 0 Å². The molecule has 0 radical (unpaired) electrons. The molecule has 2 heterocycles. The summed E-state index contributed by atoms with van der Waals surface area (Å²) >= 11 is 6.33. The second-order valence-electron chi connectivity index (χ2n) is 6.47. The van der Waals surface area contributed by atoms with Crippen LogP contribution in [0.2, 0.25) is 5.02 Å². The summed E-state index contributed by atoms with van der Waals surface area (Å²) < 4.78 is 1.56. The number of fused-ring (bicyclic) bond motifs is 1. The minimum absolute atomic E-state index is 0.0851. The Bertz CT molecular complexity index is 1130. The van der Waals surface area contributed by atoms with Crippen LogP contribution in [-0.2, 0) is 6.42 Å². The lowest BCUT2D eigenvalue weighted by atomic mass is 9.98. The van der Waals surface area contributed by atoms with Crippen LogP contribution in [0.5, 0.6) is 0 Å². The van der Waals surface area contributed by atoms with Gasteiger partial charge in [0.1, 0.15) is 0 Å². The van der Waals surface area contributed by atoms with Gasteiger partial charge in [0, 0.05) is 16.9 Å². The van der Waals surface area contributed by atoms with Gasteiger partial charge in [0.15, 0.2) is 0 Å². The topological polar surface area (TPSA) is 72.2 Å². The fourth-order valence-electron chi connectivity index (χ4n) is 3.05. The molecule has 6 nitrogen and oxygen atoms in total. The number of nitrogens with zero attached hydrogens (tertiary/aromatic N) is 4. The molecule has 0 fully saturated rings. The number of rotatable bonds is 5. The number of carbonyl (C=O) groups is 1. The molecule has 2 aromatic carbocycles. The molecule has 0 bridgehead atoms. The third kappa shape index (κ3) is 3.73. The summed E-state index contributed by atoms with van der Waals surface area (Å²) in [7, 11) is 0. The van der Waals surface area contributed by atoms with E-state index in [2.05, 4.69) is 20.4 Å². The van der Waals surface area contributed by atoms with E-state index < -0.39 is 0 Å². The van der Waals surface area contributed by atoms with Gasteiger partial charge in [0.25, 0.3) is 11.7 Å². The zero-order valence-corrected chi connectivity index (χ0v) is 16.0. The summed E-state index contributed by atoms with van der Waals surface area (Å²) in [5, 5.41) is 8.00. The number of halogens is 1. The molecule has 1 amide bonds. The van der Waals surface area contributed by atoms with Crippen LogP contribution in [0, 0.1) is 6.92 Å². The molecule has 140 valence electrons. The molecule has 1 N–H and O–H groups in total. The molecule has 0 spiro atoms. The van der Waals surface area contributed by atoms with Crippen LogP contribution >= 0.6 is 11.6 Å². The molecule has 28 heavy (non-hydrogen) atoms. The van der Waals surface area contributed by atoms with Crippen molar-refractivity contribution in [1.29, 1.82) is 0 Å². The monoisotopic (exact) mass is 391 g/mol. The maximum Gasteiger partial charge on any atom is 0.291 e. The highest BCUT2D eigenvalue weighted by Crippen LogP contribution is 2.23. The molecule has 0 aliphatic carbocycles. The van der Waals surface area contributed by atoms with E-state index in [4.69, 9.17) is 11.6 Å². The summed E-state index contributed by atoms with van der Waals surface area (Å²) in [5.41, 5.74) is 2.79. The number of benzene rings is 2. The number of hydrogen-bond acceptors (Lipinski definition) is 4.